The molecular formula is C10H20N2S. The van der Waals surface area contributed by atoms with Crippen molar-refractivity contribution in [3.63, 3.8) is 0 Å². The predicted molar refractivity (Wildman–Crippen MR) is 59.3 cm³/mol. The Labute approximate surface area is 85.4 Å². The first kappa shape index (κ1) is 9.81. The first-order valence-corrected chi connectivity index (χ1v) is 6.54. The highest BCUT2D eigenvalue weighted by atomic mass is 32.2. The summed E-state index contributed by atoms with van der Waals surface area (Å²) in [5.74, 6) is 3.65. The molecule has 13 heavy (non-hydrogen) atoms. The highest BCUT2D eigenvalue weighted by Gasteiger charge is 2.21. The molecule has 2 nitrogen and oxygen atoms in total. The van der Waals surface area contributed by atoms with Crippen LogP contribution in [0.1, 0.15) is 13.3 Å². The van der Waals surface area contributed by atoms with Gasteiger partial charge in [-0.3, -0.25) is 4.90 Å². The van der Waals surface area contributed by atoms with Crippen LogP contribution < -0.4 is 5.32 Å². The van der Waals surface area contributed by atoms with Crippen LogP contribution in [-0.4, -0.2) is 48.6 Å². The number of nitrogens with one attached hydrogen (secondary N) is 1. The van der Waals surface area contributed by atoms with E-state index in [2.05, 4.69) is 28.9 Å². The molecule has 2 aliphatic rings. The fourth-order valence-corrected chi connectivity index (χ4v) is 3.08. The summed E-state index contributed by atoms with van der Waals surface area (Å²) in [4.78, 5) is 2.66. The maximum absolute atomic E-state index is 3.34. The lowest BCUT2D eigenvalue weighted by molar-refractivity contribution is 0.197. The van der Waals surface area contributed by atoms with Gasteiger partial charge in [-0.25, -0.2) is 0 Å². The minimum atomic E-state index is 0.812. The normalized spacial score (nSPS) is 31.6. The number of rotatable bonds is 3. The molecule has 1 unspecified atom stereocenters. The molecule has 0 amide bonds. The minimum absolute atomic E-state index is 0.812. The van der Waals surface area contributed by atoms with E-state index < -0.39 is 0 Å². The maximum Gasteiger partial charge on any atom is 0.0158 e. The molecule has 1 atom stereocenters. The van der Waals surface area contributed by atoms with E-state index in [1.165, 1.54) is 44.1 Å². The van der Waals surface area contributed by atoms with E-state index in [-0.39, 0.29) is 0 Å². The molecule has 2 aliphatic heterocycles. The predicted octanol–water partition coefficient (Wildman–Crippen LogP) is 1.03. The first-order chi connectivity index (χ1) is 6.36. The maximum atomic E-state index is 3.34. The second-order valence-electron chi connectivity index (χ2n) is 4.27. The van der Waals surface area contributed by atoms with Crippen molar-refractivity contribution in [3.8, 4) is 0 Å². The van der Waals surface area contributed by atoms with E-state index in [1.807, 2.05) is 0 Å². The molecule has 2 heterocycles. The van der Waals surface area contributed by atoms with Crippen molar-refractivity contribution in [2.24, 2.45) is 5.92 Å². The fraction of sp³-hybridized carbons (Fsp3) is 1.00. The molecule has 0 aromatic rings. The van der Waals surface area contributed by atoms with Gasteiger partial charge < -0.3 is 5.32 Å². The molecule has 2 fully saturated rings. The third-order valence-corrected chi connectivity index (χ3v) is 4.39. The molecule has 0 aliphatic carbocycles. The van der Waals surface area contributed by atoms with E-state index in [0.29, 0.717) is 0 Å². The molecule has 3 heteroatoms. The average Bonchev–Trinajstić information content (AvgIpc) is 2.05. The monoisotopic (exact) mass is 200 g/mol. The number of nitrogens with zero attached hydrogens (tertiary/aromatic N) is 1. The molecule has 0 aromatic heterocycles. The molecule has 0 saturated carbocycles. The van der Waals surface area contributed by atoms with Crippen LogP contribution in [0.15, 0.2) is 0 Å². The van der Waals surface area contributed by atoms with Gasteiger partial charge in [-0.1, -0.05) is 0 Å². The van der Waals surface area contributed by atoms with Gasteiger partial charge in [-0.05, 0) is 38.9 Å². The van der Waals surface area contributed by atoms with Crippen molar-refractivity contribution < 1.29 is 0 Å². The van der Waals surface area contributed by atoms with E-state index in [1.54, 1.807) is 0 Å². The van der Waals surface area contributed by atoms with Crippen molar-refractivity contribution in [3.05, 3.63) is 0 Å². The topological polar surface area (TPSA) is 15.3 Å². The van der Waals surface area contributed by atoms with Crippen molar-refractivity contribution >= 4 is 11.8 Å². The van der Waals surface area contributed by atoms with Crippen molar-refractivity contribution in [2.75, 3.05) is 37.7 Å². The van der Waals surface area contributed by atoms with Crippen molar-refractivity contribution in [1.82, 2.24) is 10.2 Å². The standard InChI is InChI=1S/C10H20N2S/c1-9-8-13-5-4-12(9)3-2-10-6-11-7-10/h9-11H,2-8H2,1H3. The van der Waals surface area contributed by atoms with Crippen LogP contribution in [0, 0.1) is 5.92 Å². The second kappa shape index (κ2) is 4.67. The van der Waals surface area contributed by atoms with Crippen molar-refractivity contribution in [2.45, 2.75) is 19.4 Å². The van der Waals surface area contributed by atoms with Crippen LogP contribution in [0.25, 0.3) is 0 Å². The lowest BCUT2D eigenvalue weighted by atomic mass is 9.99. The smallest absolute Gasteiger partial charge is 0.0158 e. The van der Waals surface area contributed by atoms with E-state index in [4.69, 9.17) is 0 Å². The van der Waals surface area contributed by atoms with Crippen molar-refractivity contribution in [1.29, 1.82) is 0 Å². The number of thioether (sulfide) groups is 1. The summed E-state index contributed by atoms with van der Waals surface area (Å²) in [6, 6.07) is 0.812. The lowest BCUT2D eigenvalue weighted by Gasteiger charge is -2.35. The molecule has 0 bridgehead atoms. The summed E-state index contributed by atoms with van der Waals surface area (Å²) in [7, 11) is 0. The summed E-state index contributed by atoms with van der Waals surface area (Å²) in [6.07, 6.45) is 1.40. The molecule has 2 saturated heterocycles. The first-order valence-electron chi connectivity index (χ1n) is 5.39. The lowest BCUT2D eigenvalue weighted by Crippen LogP contribution is -2.46. The van der Waals surface area contributed by atoms with Crippen LogP contribution >= 0.6 is 11.8 Å². The number of hydrogen-bond acceptors (Lipinski definition) is 3. The SMILES string of the molecule is CC1CSCCN1CCC1CNC1. The van der Waals surface area contributed by atoms with Gasteiger partial charge in [-0.2, -0.15) is 11.8 Å². The summed E-state index contributed by atoms with van der Waals surface area (Å²) in [5.41, 5.74) is 0. The molecule has 2 rings (SSSR count). The van der Waals surface area contributed by atoms with Gasteiger partial charge in [0, 0.05) is 24.1 Å². The highest BCUT2D eigenvalue weighted by molar-refractivity contribution is 7.99. The Hall–Kier alpha value is 0.270. The zero-order valence-electron chi connectivity index (χ0n) is 8.46. The average molecular weight is 200 g/mol. The third-order valence-electron chi connectivity index (χ3n) is 3.20. The Balaban J connectivity index is 1.66. The Morgan fingerprint density at radius 3 is 2.92 bits per heavy atom. The van der Waals surface area contributed by atoms with Crippen LogP contribution in [0.2, 0.25) is 0 Å². The Morgan fingerprint density at radius 2 is 2.31 bits per heavy atom. The Morgan fingerprint density at radius 1 is 1.46 bits per heavy atom. The van der Waals surface area contributed by atoms with Gasteiger partial charge in [-0.15, -0.1) is 0 Å². The summed E-state index contributed by atoms with van der Waals surface area (Å²) < 4.78 is 0. The largest absolute Gasteiger partial charge is 0.316 e. The van der Waals surface area contributed by atoms with E-state index >= 15 is 0 Å². The highest BCUT2D eigenvalue weighted by Crippen LogP contribution is 2.18. The molecule has 0 spiro atoms. The Bertz CT molecular complexity index is 159. The van der Waals surface area contributed by atoms with E-state index in [0.717, 1.165) is 12.0 Å². The quantitative estimate of drug-likeness (QED) is 0.732. The molecule has 76 valence electrons. The van der Waals surface area contributed by atoms with Crippen LogP contribution in [0.3, 0.4) is 0 Å². The molecular weight excluding hydrogens is 180 g/mol. The van der Waals surface area contributed by atoms with Crippen LogP contribution in [-0.2, 0) is 0 Å². The van der Waals surface area contributed by atoms with Gasteiger partial charge in [0.2, 0.25) is 0 Å². The van der Waals surface area contributed by atoms with Gasteiger partial charge in [0.25, 0.3) is 0 Å². The summed E-state index contributed by atoms with van der Waals surface area (Å²) in [5, 5.41) is 3.34. The minimum Gasteiger partial charge on any atom is -0.316 e. The zero-order valence-corrected chi connectivity index (χ0v) is 9.28. The van der Waals surface area contributed by atoms with Gasteiger partial charge in [0.05, 0.1) is 0 Å². The molecule has 0 radical (unpaired) electrons. The zero-order chi connectivity index (χ0) is 9.10. The summed E-state index contributed by atoms with van der Waals surface area (Å²) >= 11 is 2.11. The van der Waals surface area contributed by atoms with E-state index in [9.17, 15) is 0 Å². The fourth-order valence-electron chi connectivity index (χ4n) is 1.99. The molecule has 1 N–H and O–H groups in total. The molecule has 0 aromatic carbocycles. The Kier molecular flexibility index (Phi) is 3.52. The van der Waals surface area contributed by atoms with Gasteiger partial charge in [0.1, 0.15) is 0 Å². The van der Waals surface area contributed by atoms with Gasteiger partial charge in [0.15, 0.2) is 0 Å². The number of hydrogen-bond donors (Lipinski definition) is 1. The third kappa shape index (κ3) is 2.61. The van der Waals surface area contributed by atoms with Gasteiger partial charge >= 0.3 is 0 Å². The van der Waals surface area contributed by atoms with Crippen LogP contribution in [0.5, 0.6) is 0 Å². The summed E-state index contributed by atoms with van der Waals surface area (Å²) in [6.45, 7) is 7.53. The second-order valence-corrected chi connectivity index (χ2v) is 5.42. The van der Waals surface area contributed by atoms with Crippen LogP contribution in [0.4, 0.5) is 0 Å².